The Morgan fingerprint density at radius 1 is 1.40 bits per heavy atom. The summed E-state index contributed by atoms with van der Waals surface area (Å²) in [5, 5.41) is 14.5. The lowest BCUT2D eigenvalue weighted by Gasteiger charge is -2.39. The number of amides is 1. The molecule has 0 unspecified atom stereocenters. The molecule has 25 heavy (non-hydrogen) atoms. The number of likely N-dealkylation sites (N-methyl/N-ethyl adjacent to an activating group) is 1. The van der Waals surface area contributed by atoms with Crippen LogP contribution in [0.2, 0.25) is 0 Å². The molecular formula is C18H23N3O4. The van der Waals surface area contributed by atoms with Crippen molar-refractivity contribution in [3.05, 3.63) is 39.4 Å². The molecule has 1 amide bonds. The summed E-state index contributed by atoms with van der Waals surface area (Å²) in [5.41, 5.74) is 1.71. The minimum atomic E-state index is -0.608. The highest BCUT2D eigenvalue weighted by molar-refractivity contribution is 5.92. The quantitative estimate of drug-likeness (QED) is 0.655. The maximum absolute atomic E-state index is 12.4. The third-order valence-electron chi connectivity index (χ3n) is 4.70. The molecule has 1 aromatic carbocycles. The van der Waals surface area contributed by atoms with Gasteiger partial charge in [0, 0.05) is 42.8 Å². The summed E-state index contributed by atoms with van der Waals surface area (Å²) in [6, 6.07) is 4.57. The number of benzene rings is 1. The van der Waals surface area contributed by atoms with Gasteiger partial charge >= 0.3 is 0 Å². The average molecular weight is 345 g/mol. The fourth-order valence-corrected chi connectivity index (χ4v) is 3.43. The number of hydrogen-bond acceptors (Lipinski definition) is 5. The number of nitrogens with one attached hydrogen (secondary N) is 1. The second kappa shape index (κ2) is 6.48. The molecular weight excluding hydrogens is 322 g/mol. The van der Waals surface area contributed by atoms with Crippen LogP contribution in [0.3, 0.4) is 0 Å². The molecule has 2 heterocycles. The van der Waals surface area contributed by atoms with E-state index >= 15 is 0 Å². The number of nitrogens with zero attached hydrogens (tertiary/aromatic N) is 2. The van der Waals surface area contributed by atoms with E-state index in [4.69, 9.17) is 4.74 Å². The Hall–Kier alpha value is -2.41. The van der Waals surface area contributed by atoms with Crippen LogP contribution < -0.4 is 10.1 Å². The predicted octanol–water partition coefficient (Wildman–Crippen LogP) is 2.71. The van der Waals surface area contributed by atoms with Crippen LogP contribution in [0.4, 0.5) is 5.69 Å². The van der Waals surface area contributed by atoms with E-state index < -0.39 is 10.5 Å². The van der Waals surface area contributed by atoms with E-state index in [9.17, 15) is 14.9 Å². The van der Waals surface area contributed by atoms with E-state index in [0.29, 0.717) is 30.8 Å². The number of fused-ring (bicyclic) bond motifs is 1. The number of ether oxygens (including phenoxy) is 1. The Kier molecular flexibility index (Phi) is 4.51. The number of nitro benzene ring substituents is 1. The number of hydrogen-bond donors (Lipinski definition) is 1. The summed E-state index contributed by atoms with van der Waals surface area (Å²) in [4.78, 5) is 25.0. The van der Waals surface area contributed by atoms with E-state index in [1.807, 2.05) is 20.8 Å². The molecule has 0 bridgehead atoms. The first-order valence-electron chi connectivity index (χ1n) is 8.57. The molecule has 0 spiro atoms. The molecule has 2 aliphatic rings. The van der Waals surface area contributed by atoms with Crippen molar-refractivity contribution in [2.45, 2.75) is 39.2 Å². The summed E-state index contributed by atoms with van der Waals surface area (Å²) in [6.45, 7) is 7.90. The number of likely N-dealkylation sites (tertiary alicyclic amines) is 1. The standard InChI is InChI=1S/C18H23N3O4/c1-4-19-11-14-17(20-9-5-6-16(20)22)13-10-12(21(23)24)7-8-15(13)25-18(14,2)3/h7-8,10,19H,4-6,9,11H2,1-3H3. The van der Waals surface area contributed by atoms with Gasteiger partial charge in [0.1, 0.15) is 11.4 Å². The molecule has 1 saturated heterocycles. The second-order valence-corrected chi connectivity index (χ2v) is 6.81. The van der Waals surface area contributed by atoms with Crippen molar-refractivity contribution < 1.29 is 14.5 Å². The van der Waals surface area contributed by atoms with E-state index in [1.54, 1.807) is 11.0 Å². The van der Waals surface area contributed by atoms with Crippen LogP contribution in [0.5, 0.6) is 5.75 Å². The SMILES string of the molecule is CCNCC1=C(N2CCCC2=O)c2cc([N+](=O)[O-])ccc2OC1(C)C. The molecule has 0 radical (unpaired) electrons. The van der Waals surface area contributed by atoms with Crippen molar-refractivity contribution in [2.24, 2.45) is 0 Å². The Labute approximate surface area is 146 Å². The van der Waals surface area contributed by atoms with Crippen LogP contribution >= 0.6 is 0 Å². The first-order valence-corrected chi connectivity index (χ1v) is 8.57. The third-order valence-corrected chi connectivity index (χ3v) is 4.70. The van der Waals surface area contributed by atoms with Crippen molar-refractivity contribution in [2.75, 3.05) is 19.6 Å². The lowest BCUT2D eigenvalue weighted by molar-refractivity contribution is -0.384. The van der Waals surface area contributed by atoms with Crippen molar-refractivity contribution in [3.8, 4) is 5.75 Å². The largest absolute Gasteiger partial charge is 0.483 e. The number of carbonyl (C=O) groups is 1. The fourth-order valence-electron chi connectivity index (χ4n) is 3.43. The molecule has 7 heteroatoms. The molecule has 0 aliphatic carbocycles. The van der Waals surface area contributed by atoms with Gasteiger partial charge in [0.25, 0.3) is 5.69 Å². The summed E-state index contributed by atoms with van der Waals surface area (Å²) < 4.78 is 6.13. The summed E-state index contributed by atoms with van der Waals surface area (Å²) >= 11 is 0. The Balaban J connectivity index is 2.22. The molecule has 7 nitrogen and oxygen atoms in total. The van der Waals surface area contributed by atoms with Gasteiger partial charge in [-0.25, -0.2) is 0 Å². The molecule has 134 valence electrons. The first kappa shape index (κ1) is 17.4. The van der Waals surface area contributed by atoms with Crippen molar-refractivity contribution in [3.63, 3.8) is 0 Å². The fraction of sp³-hybridized carbons (Fsp3) is 0.500. The number of rotatable bonds is 5. The third kappa shape index (κ3) is 3.11. The Morgan fingerprint density at radius 3 is 2.76 bits per heavy atom. The van der Waals surface area contributed by atoms with E-state index in [1.165, 1.54) is 12.1 Å². The highest BCUT2D eigenvalue weighted by Crippen LogP contribution is 2.44. The van der Waals surface area contributed by atoms with Crippen LogP contribution in [0, 0.1) is 10.1 Å². The van der Waals surface area contributed by atoms with Gasteiger partial charge in [-0.05, 0) is 32.9 Å². The van der Waals surface area contributed by atoms with Gasteiger partial charge in [-0.3, -0.25) is 14.9 Å². The minimum Gasteiger partial charge on any atom is -0.483 e. The van der Waals surface area contributed by atoms with E-state index in [0.717, 1.165) is 24.2 Å². The van der Waals surface area contributed by atoms with E-state index in [2.05, 4.69) is 5.32 Å². The van der Waals surface area contributed by atoms with Crippen molar-refractivity contribution in [1.29, 1.82) is 0 Å². The second-order valence-electron chi connectivity index (χ2n) is 6.81. The number of non-ortho nitro benzene ring substituents is 1. The Morgan fingerprint density at radius 2 is 2.16 bits per heavy atom. The molecule has 0 aromatic heterocycles. The predicted molar refractivity (Wildman–Crippen MR) is 94.2 cm³/mol. The number of carbonyl (C=O) groups excluding carboxylic acids is 1. The normalized spacial score (nSPS) is 19.0. The molecule has 1 N–H and O–H groups in total. The zero-order valence-corrected chi connectivity index (χ0v) is 14.8. The molecule has 1 fully saturated rings. The minimum absolute atomic E-state index is 0.00555. The van der Waals surface area contributed by atoms with Crippen LogP contribution in [-0.4, -0.2) is 41.0 Å². The lowest BCUT2D eigenvalue weighted by Crippen LogP contribution is -2.42. The van der Waals surface area contributed by atoms with Gasteiger partial charge in [-0.2, -0.15) is 0 Å². The van der Waals surface area contributed by atoms with Crippen molar-refractivity contribution >= 4 is 17.3 Å². The molecule has 3 rings (SSSR count). The van der Waals surface area contributed by atoms with E-state index in [-0.39, 0.29) is 11.6 Å². The zero-order valence-electron chi connectivity index (χ0n) is 14.8. The average Bonchev–Trinajstić information content (AvgIpc) is 2.97. The lowest BCUT2D eigenvalue weighted by atomic mass is 9.88. The van der Waals surface area contributed by atoms with Gasteiger partial charge in [-0.15, -0.1) is 0 Å². The van der Waals surface area contributed by atoms with Gasteiger partial charge in [0.05, 0.1) is 10.6 Å². The van der Waals surface area contributed by atoms with Gasteiger partial charge in [0.15, 0.2) is 0 Å². The zero-order chi connectivity index (χ0) is 18.2. The number of nitro groups is 1. The van der Waals surface area contributed by atoms with Crippen LogP contribution in [0.15, 0.2) is 23.8 Å². The summed E-state index contributed by atoms with van der Waals surface area (Å²) in [5.74, 6) is 0.629. The highest BCUT2D eigenvalue weighted by atomic mass is 16.6. The molecule has 0 atom stereocenters. The first-order chi connectivity index (χ1) is 11.8. The molecule has 1 aromatic rings. The monoisotopic (exact) mass is 345 g/mol. The van der Waals surface area contributed by atoms with Gasteiger partial charge in [0.2, 0.25) is 5.91 Å². The van der Waals surface area contributed by atoms with Crippen LogP contribution in [0.1, 0.15) is 39.2 Å². The topological polar surface area (TPSA) is 84.7 Å². The smallest absolute Gasteiger partial charge is 0.270 e. The van der Waals surface area contributed by atoms with Gasteiger partial charge < -0.3 is 15.0 Å². The van der Waals surface area contributed by atoms with Gasteiger partial charge in [-0.1, -0.05) is 6.92 Å². The highest BCUT2D eigenvalue weighted by Gasteiger charge is 2.40. The summed E-state index contributed by atoms with van der Waals surface area (Å²) in [7, 11) is 0. The molecule has 0 saturated carbocycles. The maximum atomic E-state index is 12.4. The maximum Gasteiger partial charge on any atom is 0.270 e. The summed E-state index contributed by atoms with van der Waals surface area (Å²) in [6.07, 6.45) is 1.30. The van der Waals surface area contributed by atoms with Crippen LogP contribution in [-0.2, 0) is 4.79 Å². The van der Waals surface area contributed by atoms with Crippen LogP contribution in [0.25, 0.3) is 5.70 Å². The Bertz CT molecular complexity index is 755. The van der Waals surface area contributed by atoms with Crippen molar-refractivity contribution in [1.82, 2.24) is 10.2 Å². The molecule has 2 aliphatic heterocycles.